The Morgan fingerprint density at radius 2 is 1.72 bits per heavy atom. The smallest absolute Gasteiger partial charge is 0.338 e. The van der Waals surface area contributed by atoms with Gasteiger partial charge < -0.3 is 14.5 Å². The van der Waals surface area contributed by atoms with E-state index in [1.54, 1.807) is 60.7 Å². The van der Waals surface area contributed by atoms with Crippen LogP contribution in [0.3, 0.4) is 0 Å². The van der Waals surface area contributed by atoms with Gasteiger partial charge in [0.05, 0.1) is 29.0 Å². The van der Waals surface area contributed by atoms with Crippen LogP contribution in [0, 0.1) is 5.92 Å². The van der Waals surface area contributed by atoms with Crippen molar-refractivity contribution in [3.8, 4) is 11.3 Å². The van der Waals surface area contributed by atoms with E-state index in [-0.39, 0.29) is 11.5 Å². The summed E-state index contributed by atoms with van der Waals surface area (Å²) in [5.41, 5.74) is 3.70. The van der Waals surface area contributed by atoms with E-state index in [0.29, 0.717) is 34.3 Å². The molecule has 8 nitrogen and oxygen atoms in total. The average molecular weight is 510 g/mol. The maximum absolute atomic E-state index is 12.7. The number of amides is 2. The van der Waals surface area contributed by atoms with E-state index >= 15 is 0 Å². The van der Waals surface area contributed by atoms with Gasteiger partial charge in [0.1, 0.15) is 17.6 Å². The van der Waals surface area contributed by atoms with Crippen LogP contribution in [0.25, 0.3) is 11.3 Å². The van der Waals surface area contributed by atoms with Gasteiger partial charge in [0.25, 0.3) is 11.8 Å². The second-order valence-electron chi connectivity index (χ2n) is 8.29. The Kier molecular flexibility index (Phi) is 9.41. The number of hydrogen-bond acceptors (Lipinski definition) is 6. The van der Waals surface area contributed by atoms with Gasteiger partial charge in [-0.25, -0.2) is 10.2 Å². The molecule has 1 heterocycles. The minimum absolute atomic E-state index is 0.203. The molecule has 188 valence electrons. The molecule has 1 aromatic heterocycles. The standard InChI is InChI=1S/C27H28ClN3O5/c1-4-15-35-27(34)20-10-6-5-9-19(20)23-14-13-18(36-23)16-29-31-26(33)24(17(2)3)30-25(32)21-11-7-8-12-22(21)28/h5-14,16-17,24H,4,15H2,1-3H3,(H,30,32)(H,31,33)/b29-16-. The number of nitrogens with one attached hydrogen (secondary N) is 2. The van der Waals surface area contributed by atoms with Gasteiger partial charge in [0.15, 0.2) is 0 Å². The summed E-state index contributed by atoms with van der Waals surface area (Å²) in [6.07, 6.45) is 2.06. The minimum atomic E-state index is -0.834. The number of nitrogens with zero attached hydrogens (tertiary/aromatic N) is 1. The fourth-order valence-corrected chi connectivity index (χ4v) is 3.57. The van der Waals surface area contributed by atoms with Crippen molar-refractivity contribution < 1.29 is 23.5 Å². The summed E-state index contributed by atoms with van der Waals surface area (Å²) in [7, 11) is 0. The summed E-state index contributed by atoms with van der Waals surface area (Å²) in [5.74, 6) is -0.750. The van der Waals surface area contributed by atoms with Gasteiger partial charge in [0, 0.05) is 5.56 Å². The SMILES string of the molecule is CCCOC(=O)c1ccccc1-c1ccc(/C=N\NC(=O)C(NC(=O)c2ccccc2Cl)C(C)C)o1. The topological polar surface area (TPSA) is 110 Å². The van der Waals surface area contributed by atoms with Gasteiger partial charge >= 0.3 is 5.97 Å². The Hall–Kier alpha value is -3.91. The zero-order valence-electron chi connectivity index (χ0n) is 20.3. The molecule has 1 atom stereocenters. The molecule has 0 saturated heterocycles. The first-order chi connectivity index (χ1) is 17.3. The maximum atomic E-state index is 12.7. The van der Waals surface area contributed by atoms with E-state index in [0.717, 1.165) is 6.42 Å². The first kappa shape index (κ1) is 26.7. The van der Waals surface area contributed by atoms with E-state index in [1.165, 1.54) is 6.21 Å². The van der Waals surface area contributed by atoms with Crippen molar-refractivity contribution in [3.05, 3.63) is 82.6 Å². The molecule has 0 saturated carbocycles. The molecule has 0 bridgehead atoms. The largest absolute Gasteiger partial charge is 0.462 e. The zero-order valence-corrected chi connectivity index (χ0v) is 21.0. The summed E-state index contributed by atoms with van der Waals surface area (Å²) in [5, 5.41) is 6.96. The van der Waals surface area contributed by atoms with E-state index in [4.69, 9.17) is 20.8 Å². The molecule has 1 unspecified atom stereocenters. The second-order valence-corrected chi connectivity index (χ2v) is 8.70. The number of rotatable bonds is 10. The van der Waals surface area contributed by atoms with Crippen molar-refractivity contribution >= 4 is 35.6 Å². The summed E-state index contributed by atoms with van der Waals surface area (Å²) in [6.45, 7) is 5.87. The number of carbonyl (C=O) groups excluding carboxylic acids is 3. The molecule has 2 amide bonds. The molecule has 0 aliphatic carbocycles. The van der Waals surface area contributed by atoms with Crippen LogP contribution in [0.4, 0.5) is 0 Å². The predicted molar refractivity (Wildman–Crippen MR) is 138 cm³/mol. The third-order valence-electron chi connectivity index (χ3n) is 5.20. The molecular formula is C27H28ClN3O5. The van der Waals surface area contributed by atoms with E-state index < -0.39 is 23.8 Å². The third-order valence-corrected chi connectivity index (χ3v) is 5.53. The molecule has 0 aliphatic heterocycles. The monoisotopic (exact) mass is 509 g/mol. The summed E-state index contributed by atoms with van der Waals surface area (Å²) in [6, 6.07) is 16.1. The van der Waals surface area contributed by atoms with Crippen molar-refractivity contribution in [1.29, 1.82) is 0 Å². The van der Waals surface area contributed by atoms with Crippen molar-refractivity contribution in [2.45, 2.75) is 33.2 Å². The highest BCUT2D eigenvalue weighted by Crippen LogP contribution is 2.26. The van der Waals surface area contributed by atoms with Crippen LogP contribution in [0.5, 0.6) is 0 Å². The number of furan rings is 1. The first-order valence-corrected chi connectivity index (χ1v) is 11.9. The summed E-state index contributed by atoms with van der Waals surface area (Å²) >= 11 is 6.09. The molecule has 3 aromatic rings. The Balaban J connectivity index is 1.67. The quantitative estimate of drug-likeness (QED) is 0.225. The third kappa shape index (κ3) is 6.82. The van der Waals surface area contributed by atoms with Crippen LogP contribution in [-0.4, -0.2) is 36.6 Å². The van der Waals surface area contributed by atoms with E-state index in [1.807, 2.05) is 20.8 Å². The number of benzene rings is 2. The highest BCUT2D eigenvalue weighted by atomic mass is 35.5. The highest BCUT2D eigenvalue weighted by molar-refractivity contribution is 6.33. The molecule has 0 spiro atoms. The Labute approximate surface area is 214 Å². The molecule has 3 rings (SSSR count). The summed E-state index contributed by atoms with van der Waals surface area (Å²) in [4.78, 5) is 37.7. The second kappa shape index (κ2) is 12.7. The minimum Gasteiger partial charge on any atom is -0.462 e. The fourth-order valence-electron chi connectivity index (χ4n) is 3.34. The van der Waals surface area contributed by atoms with E-state index in [9.17, 15) is 14.4 Å². The van der Waals surface area contributed by atoms with Crippen LogP contribution in [0.1, 0.15) is 53.7 Å². The van der Waals surface area contributed by atoms with Crippen molar-refractivity contribution in [1.82, 2.24) is 10.7 Å². The zero-order chi connectivity index (χ0) is 26.1. The number of hydrogen-bond donors (Lipinski definition) is 2. The molecular weight excluding hydrogens is 482 g/mol. The number of carbonyl (C=O) groups is 3. The first-order valence-electron chi connectivity index (χ1n) is 11.6. The van der Waals surface area contributed by atoms with Crippen molar-refractivity contribution in [2.75, 3.05) is 6.61 Å². The molecule has 36 heavy (non-hydrogen) atoms. The van der Waals surface area contributed by atoms with Gasteiger partial charge in [-0.2, -0.15) is 5.10 Å². The van der Waals surface area contributed by atoms with Crippen molar-refractivity contribution in [2.24, 2.45) is 11.0 Å². The molecule has 2 N–H and O–H groups in total. The molecule has 0 radical (unpaired) electrons. The van der Waals surface area contributed by atoms with Gasteiger partial charge in [-0.05, 0) is 42.7 Å². The lowest BCUT2D eigenvalue weighted by atomic mass is 10.0. The lowest BCUT2D eigenvalue weighted by Gasteiger charge is -2.20. The highest BCUT2D eigenvalue weighted by Gasteiger charge is 2.25. The summed E-state index contributed by atoms with van der Waals surface area (Å²) < 4.78 is 11.0. The molecule has 0 fully saturated rings. The number of ether oxygens (including phenoxy) is 1. The average Bonchev–Trinajstić information content (AvgIpc) is 3.34. The predicted octanol–water partition coefficient (Wildman–Crippen LogP) is 5.07. The van der Waals surface area contributed by atoms with Crippen LogP contribution in [-0.2, 0) is 9.53 Å². The van der Waals surface area contributed by atoms with E-state index in [2.05, 4.69) is 15.8 Å². The lowest BCUT2D eigenvalue weighted by Crippen LogP contribution is -2.48. The lowest BCUT2D eigenvalue weighted by molar-refractivity contribution is -0.123. The van der Waals surface area contributed by atoms with Gasteiger partial charge in [-0.3, -0.25) is 9.59 Å². The number of halogens is 1. The Morgan fingerprint density at radius 3 is 2.42 bits per heavy atom. The van der Waals surface area contributed by atoms with Gasteiger partial charge in [-0.1, -0.05) is 62.7 Å². The number of esters is 1. The maximum Gasteiger partial charge on any atom is 0.338 e. The Morgan fingerprint density at radius 1 is 1.03 bits per heavy atom. The molecule has 0 aliphatic rings. The van der Waals surface area contributed by atoms with Gasteiger partial charge in [-0.15, -0.1) is 0 Å². The van der Waals surface area contributed by atoms with Crippen LogP contribution < -0.4 is 10.7 Å². The van der Waals surface area contributed by atoms with Gasteiger partial charge in [0.2, 0.25) is 0 Å². The van der Waals surface area contributed by atoms with Crippen LogP contribution in [0.15, 0.2) is 70.2 Å². The normalized spacial score (nSPS) is 11.9. The fraction of sp³-hybridized carbons (Fsp3) is 0.259. The number of hydrazone groups is 1. The molecule has 9 heteroatoms. The van der Waals surface area contributed by atoms with Crippen LogP contribution in [0.2, 0.25) is 5.02 Å². The van der Waals surface area contributed by atoms with Crippen molar-refractivity contribution in [3.63, 3.8) is 0 Å². The van der Waals surface area contributed by atoms with Crippen LogP contribution >= 0.6 is 11.6 Å². The Bertz CT molecular complexity index is 1250. The molecule has 2 aromatic carbocycles.